The molecule has 2 N–H and O–H groups in total. The van der Waals surface area contributed by atoms with Crippen molar-refractivity contribution in [2.75, 3.05) is 26.2 Å². The molecule has 8 heteroatoms. The number of aryl methyl sites for hydroxylation is 1. The number of rotatable bonds is 6. The highest BCUT2D eigenvalue weighted by Gasteiger charge is 2.55. The van der Waals surface area contributed by atoms with Gasteiger partial charge in [-0.15, -0.1) is 11.3 Å². The monoisotopic (exact) mass is 438 g/mol. The molecule has 162 valence electrons. The topological polar surface area (TPSA) is 81.8 Å². The Labute approximate surface area is 185 Å². The third-order valence-electron chi connectivity index (χ3n) is 6.67. The van der Waals surface area contributed by atoms with Crippen LogP contribution in [0.4, 0.5) is 4.79 Å². The molecule has 5 rings (SSSR count). The normalized spacial score (nSPS) is 23.9. The predicted octanol–water partition coefficient (Wildman–Crippen LogP) is 2.39. The van der Waals surface area contributed by atoms with Crippen LogP contribution in [0, 0.1) is 0 Å². The Hall–Kier alpha value is -2.71. The Bertz CT molecular complexity index is 1000. The summed E-state index contributed by atoms with van der Waals surface area (Å²) < 4.78 is 0. The zero-order valence-electron chi connectivity index (χ0n) is 17.3. The van der Waals surface area contributed by atoms with E-state index in [9.17, 15) is 14.4 Å². The Balaban J connectivity index is 1.25. The molecule has 0 bridgehead atoms. The van der Waals surface area contributed by atoms with Gasteiger partial charge in [0.25, 0.3) is 5.91 Å². The number of carbonyl (C=O) groups is 3. The van der Waals surface area contributed by atoms with E-state index in [-0.39, 0.29) is 24.4 Å². The van der Waals surface area contributed by atoms with Crippen molar-refractivity contribution in [2.24, 2.45) is 0 Å². The number of fused-ring (bicyclic) bond motifs is 2. The van der Waals surface area contributed by atoms with E-state index in [0.717, 1.165) is 35.5 Å². The van der Waals surface area contributed by atoms with E-state index >= 15 is 0 Å². The summed E-state index contributed by atoms with van der Waals surface area (Å²) in [6.07, 6.45) is 3.61. The van der Waals surface area contributed by atoms with Crippen LogP contribution in [0.15, 0.2) is 41.8 Å². The van der Waals surface area contributed by atoms with Gasteiger partial charge in [-0.1, -0.05) is 30.3 Å². The molecule has 1 aliphatic carbocycles. The summed E-state index contributed by atoms with van der Waals surface area (Å²) >= 11 is 1.69. The van der Waals surface area contributed by atoms with Crippen LogP contribution >= 0.6 is 11.3 Å². The lowest BCUT2D eigenvalue weighted by molar-refractivity contribution is -0.135. The first-order chi connectivity index (χ1) is 15.1. The number of likely N-dealkylation sites (tertiary alicyclic amines) is 1. The highest BCUT2D eigenvalue weighted by Crippen LogP contribution is 2.41. The van der Waals surface area contributed by atoms with Gasteiger partial charge in [-0.3, -0.25) is 19.4 Å². The van der Waals surface area contributed by atoms with Crippen LogP contribution < -0.4 is 10.6 Å². The number of thiophene rings is 1. The SMILES string of the molecule is O=C(CN1C(=O)NC2(CCc3ccccc32)C1=O)NCC(c1cccs1)N1CCCC1. The zero-order valence-corrected chi connectivity index (χ0v) is 18.1. The average molecular weight is 439 g/mol. The van der Waals surface area contributed by atoms with Gasteiger partial charge < -0.3 is 10.6 Å². The van der Waals surface area contributed by atoms with Gasteiger partial charge in [-0.05, 0) is 61.3 Å². The summed E-state index contributed by atoms with van der Waals surface area (Å²) in [5.74, 6) is -0.639. The second kappa shape index (κ2) is 8.09. The van der Waals surface area contributed by atoms with Crippen molar-refractivity contribution in [1.82, 2.24) is 20.4 Å². The van der Waals surface area contributed by atoms with Gasteiger partial charge in [0.15, 0.2) is 0 Å². The number of benzene rings is 1. The van der Waals surface area contributed by atoms with Gasteiger partial charge in [0.05, 0.1) is 6.04 Å². The fourth-order valence-electron chi connectivity index (χ4n) is 5.09. The lowest BCUT2D eigenvalue weighted by atomic mass is 9.92. The number of urea groups is 1. The molecule has 7 nitrogen and oxygen atoms in total. The van der Waals surface area contributed by atoms with Gasteiger partial charge in [0, 0.05) is 11.4 Å². The summed E-state index contributed by atoms with van der Waals surface area (Å²) in [5, 5.41) is 7.89. The number of amides is 4. The van der Waals surface area contributed by atoms with E-state index in [1.807, 2.05) is 35.7 Å². The van der Waals surface area contributed by atoms with Crippen molar-refractivity contribution in [2.45, 2.75) is 37.3 Å². The molecule has 2 aliphatic heterocycles. The summed E-state index contributed by atoms with van der Waals surface area (Å²) in [6.45, 7) is 2.25. The van der Waals surface area contributed by atoms with E-state index in [0.29, 0.717) is 13.0 Å². The molecule has 0 radical (unpaired) electrons. The smallest absolute Gasteiger partial charge is 0.325 e. The molecular weight excluding hydrogens is 412 g/mol. The van der Waals surface area contributed by atoms with Crippen LogP contribution in [-0.2, 0) is 21.5 Å². The molecule has 0 saturated carbocycles. The van der Waals surface area contributed by atoms with Crippen molar-refractivity contribution < 1.29 is 14.4 Å². The van der Waals surface area contributed by atoms with E-state index in [2.05, 4.69) is 21.6 Å². The lowest BCUT2D eigenvalue weighted by Gasteiger charge is -2.27. The second-order valence-corrected chi connectivity index (χ2v) is 9.44. The van der Waals surface area contributed by atoms with Crippen molar-refractivity contribution in [3.63, 3.8) is 0 Å². The van der Waals surface area contributed by atoms with Crippen LogP contribution in [-0.4, -0.2) is 53.8 Å². The maximum Gasteiger partial charge on any atom is 0.325 e. The van der Waals surface area contributed by atoms with Gasteiger partial charge >= 0.3 is 6.03 Å². The molecule has 1 aromatic heterocycles. The van der Waals surface area contributed by atoms with Crippen LogP contribution in [0.5, 0.6) is 0 Å². The van der Waals surface area contributed by atoms with Crippen molar-refractivity contribution >= 4 is 29.2 Å². The predicted molar refractivity (Wildman–Crippen MR) is 118 cm³/mol. The summed E-state index contributed by atoms with van der Waals surface area (Å²) in [5.41, 5.74) is 0.901. The number of nitrogens with zero attached hydrogens (tertiary/aromatic N) is 2. The first kappa shape index (κ1) is 20.2. The third-order valence-corrected chi connectivity index (χ3v) is 7.64. The van der Waals surface area contributed by atoms with Crippen LogP contribution in [0.1, 0.15) is 41.3 Å². The molecular formula is C23H26N4O3S. The first-order valence-electron chi connectivity index (χ1n) is 10.9. The van der Waals surface area contributed by atoms with Gasteiger partial charge in [-0.25, -0.2) is 4.79 Å². The van der Waals surface area contributed by atoms with Crippen molar-refractivity contribution in [1.29, 1.82) is 0 Å². The molecule has 4 amide bonds. The van der Waals surface area contributed by atoms with Gasteiger partial charge in [-0.2, -0.15) is 0 Å². The molecule has 1 spiro atoms. The quantitative estimate of drug-likeness (QED) is 0.679. The van der Waals surface area contributed by atoms with E-state index in [1.165, 1.54) is 17.7 Å². The number of hydrogen-bond acceptors (Lipinski definition) is 5. The van der Waals surface area contributed by atoms with Gasteiger partial charge in [0.2, 0.25) is 5.91 Å². The summed E-state index contributed by atoms with van der Waals surface area (Å²) in [6, 6.07) is 11.5. The molecule has 2 saturated heterocycles. The minimum Gasteiger partial charge on any atom is -0.353 e. The van der Waals surface area contributed by atoms with E-state index in [4.69, 9.17) is 0 Å². The Kier molecular flexibility index (Phi) is 5.27. The van der Waals surface area contributed by atoms with E-state index in [1.54, 1.807) is 11.3 Å². The van der Waals surface area contributed by atoms with E-state index < -0.39 is 11.6 Å². The zero-order chi connectivity index (χ0) is 21.4. The minimum atomic E-state index is -1.02. The minimum absolute atomic E-state index is 0.127. The Morgan fingerprint density at radius 3 is 2.74 bits per heavy atom. The largest absolute Gasteiger partial charge is 0.353 e. The van der Waals surface area contributed by atoms with Crippen LogP contribution in [0.2, 0.25) is 0 Å². The fourth-order valence-corrected chi connectivity index (χ4v) is 5.95. The molecule has 3 aliphatic rings. The fraction of sp³-hybridized carbons (Fsp3) is 0.435. The molecule has 31 heavy (non-hydrogen) atoms. The maximum atomic E-state index is 13.2. The molecule has 2 fully saturated rings. The summed E-state index contributed by atoms with van der Waals surface area (Å²) in [7, 11) is 0. The maximum absolute atomic E-state index is 13.2. The van der Waals surface area contributed by atoms with Gasteiger partial charge in [0.1, 0.15) is 12.1 Å². The molecule has 2 atom stereocenters. The second-order valence-electron chi connectivity index (χ2n) is 8.46. The average Bonchev–Trinajstić information content (AvgIpc) is 3.56. The first-order valence-corrected chi connectivity index (χ1v) is 11.7. The van der Waals surface area contributed by atoms with Crippen LogP contribution in [0.3, 0.4) is 0 Å². The molecule has 2 unspecified atom stereocenters. The standard InChI is InChI=1S/C23H26N4O3S/c28-20(24-14-18(19-8-5-13-31-19)26-11-3-4-12-26)15-27-21(29)23(25-22(27)30)10-9-16-6-1-2-7-17(16)23/h1-2,5-8,13,18H,3-4,9-12,14-15H2,(H,24,28)(H,25,30). The Morgan fingerprint density at radius 2 is 1.97 bits per heavy atom. The number of hydrogen-bond donors (Lipinski definition) is 2. The number of carbonyl (C=O) groups excluding carboxylic acids is 3. The summed E-state index contributed by atoms with van der Waals surface area (Å²) in [4.78, 5) is 43.3. The highest BCUT2D eigenvalue weighted by atomic mass is 32.1. The lowest BCUT2D eigenvalue weighted by Crippen LogP contribution is -2.45. The highest BCUT2D eigenvalue weighted by molar-refractivity contribution is 7.10. The Morgan fingerprint density at radius 1 is 1.16 bits per heavy atom. The molecule has 2 aromatic rings. The van der Waals surface area contributed by atoms with Crippen molar-refractivity contribution in [3.8, 4) is 0 Å². The molecule has 3 heterocycles. The number of imide groups is 1. The molecule has 1 aromatic carbocycles. The third kappa shape index (κ3) is 3.53. The number of nitrogens with one attached hydrogen (secondary N) is 2. The van der Waals surface area contributed by atoms with Crippen molar-refractivity contribution in [3.05, 3.63) is 57.8 Å². The van der Waals surface area contributed by atoms with Crippen LogP contribution in [0.25, 0.3) is 0 Å².